The topological polar surface area (TPSA) is 49.7 Å². The fraction of sp³-hybridized carbons (Fsp3) is 0.350. The number of hydrogen-bond acceptors (Lipinski definition) is 5. The molecule has 2 aliphatic heterocycles. The maximum absolute atomic E-state index is 11.9. The van der Waals surface area contributed by atoms with E-state index in [2.05, 4.69) is 36.9 Å². The molecule has 0 amide bonds. The van der Waals surface area contributed by atoms with E-state index in [0.29, 0.717) is 11.6 Å². The molecule has 2 heterocycles. The third kappa shape index (κ3) is 4.03. The zero-order chi connectivity index (χ0) is 19.2. The number of benzene rings is 2. The summed E-state index contributed by atoms with van der Waals surface area (Å²) >= 11 is 7.81. The van der Waals surface area contributed by atoms with Gasteiger partial charge in [0, 0.05) is 16.0 Å². The van der Waals surface area contributed by atoms with Gasteiger partial charge in [0.05, 0.1) is 24.1 Å². The molecule has 1 saturated heterocycles. The molecule has 0 N–H and O–H groups in total. The first-order valence-electron chi connectivity index (χ1n) is 8.85. The molecule has 2 aromatic carbocycles. The Balaban J connectivity index is 1.70. The van der Waals surface area contributed by atoms with Crippen molar-refractivity contribution < 1.29 is 8.42 Å². The van der Waals surface area contributed by atoms with E-state index in [9.17, 15) is 8.42 Å². The number of aliphatic imine (C=N–C) groups is 1. The first-order chi connectivity index (χ1) is 12.8. The summed E-state index contributed by atoms with van der Waals surface area (Å²) in [5, 5.41) is 1.57. The number of rotatable bonds is 3. The first kappa shape index (κ1) is 18.8. The van der Waals surface area contributed by atoms with Crippen LogP contribution < -0.4 is 4.90 Å². The van der Waals surface area contributed by atoms with Crippen LogP contribution in [0.2, 0.25) is 5.02 Å². The minimum atomic E-state index is -2.96. The predicted octanol–water partition coefficient (Wildman–Crippen LogP) is 4.23. The molecule has 1 fully saturated rings. The van der Waals surface area contributed by atoms with Gasteiger partial charge in [0.15, 0.2) is 15.0 Å². The van der Waals surface area contributed by atoms with Crippen molar-refractivity contribution in [2.24, 2.45) is 4.99 Å². The van der Waals surface area contributed by atoms with Gasteiger partial charge in [0.25, 0.3) is 0 Å². The maximum Gasteiger partial charge on any atom is 0.164 e. The number of anilines is 1. The van der Waals surface area contributed by atoms with E-state index >= 15 is 0 Å². The molecular formula is C20H21ClN2O2S2. The van der Waals surface area contributed by atoms with Gasteiger partial charge in [-0.1, -0.05) is 53.2 Å². The van der Waals surface area contributed by atoms with Crippen molar-refractivity contribution in [2.75, 3.05) is 16.4 Å². The number of aryl methyl sites for hydroxylation is 2. The molecule has 2 unspecified atom stereocenters. The highest BCUT2D eigenvalue weighted by atomic mass is 35.5. The van der Waals surface area contributed by atoms with E-state index in [1.54, 1.807) is 11.8 Å². The van der Waals surface area contributed by atoms with Crippen LogP contribution in [0.15, 0.2) is 47.5 Å². The average Bonchev–Trinajstić information content (AvgIpc) is 3.09. The van der Waals surface area contributed by atoms with Gasteiger partial charge in [-0.2, -0.15) is 0 Å². The monoisotopic (exact) mass is 420 g/mol. The lowest BCUT2D eigenvalue weighted by Gasteiger charge is -2.26. The van der Waals surface area contributed by atoms with Crippen molar-refractivity contribution in [3.05, 3.63) is 64.2 Å². The maximum atomic E-state index is 11.9. The van der Waals surface area contributed by atoms with Gasteiger partial charge in [-0.15, -0.1) is 0 Å². The number of thioether (sulfide) groups is 1. The number of amidine groups is 1. The van der Waals surface area contributed by atoms with Crippen LogP contribution in [0.4, 0.5) is 5.69 Å². The van der Waals surface area contributed by atoms with E-state index in [1.165, 1.54) is 16.7 Å². The molecule has 0 aromatic heterocycles. The van der Waals surface area contributed by atoms with E-state index in [1.807, 2.05) is 24.3 Å². The van der Waals surface area contributed by atoms with Crippen molar-refractivity contribution in [1.82, 2.24) is 0 Å². The SMILES string of the molecule is Cc1ccc(C)c(CN(C2=NC3CS(=O)(=O)CC3S2)c2cccc(Cl)c2)c1. The quantitative estimate of drug-likeness (QED) is 0.745. The van der Waals surface area contributed by atoms with Gasteiger partial charge >= 0.3 is 0 Å². The minimum Gasteiger partial charge on any atom is -0.317 e. The lowest BCUT2D eigenvalue weighted by Crippen LogP contribution is -2.28. The van der Waals surface area contributed by atoms with E-state index in [0.717, 1.165) is 10.9 Å². The van der Waals surface area contributed by atoms with E-state index < -0.39 is 9.84 Å². The molecule has 0 spiro atoms. The standard InChI is InChI=1S/C20H21ClN2O2S2/c1-13-6-7-14(2)15(8-13)10-23(17-5-3-4-16(21)9-17)20-22-18-11-27(24,25)12-19(18)26-20/h3-9,18-19H,10-12H2,1-2H3. The molecule has 27 heavy (non-hydrogen) atoms. The van der Waals surface area contributed by atoms with Crippen molar-refractivity contribution in [2.45, 2.75) is 31.7 Å². The van der Waals surface area contributed by atoms with Crippen molar-refractivity contribution >= 4 is 44.1 Å². The third-order valence-corrected chi connectivity index (χ3v) is 8.47. The highest BCUT2D eigenvalue weighted by Gasteiger charge is 2.44. The van der Waals surface area contributed by atoms with Crippen LogP contribution in [0.5, 0.6) is 0 Å². The van der Waals surface area contributed by atoms with Crippen molar-refractivity contribution in [1.29, 1.82) is 0 Å². The normalized spacial score (nSPS) is 23.1. The third-order valence-electron chi connectivity index (χ3n) is 4.99. The second kappa shape index (κ2) is 7.15. The average molecular weight is 421 g/mol. The summed E-state index contributed by atoms with van der Waals surface area (Å²) in [6.07, 6.45) is 0. The fourth-order valence-electron chi connectivity index (χ4n) is 3.53. The van der Waals surface area contributed by atoms with Crippen LogP contribution in [0.1, 0.15) is 16.7 Å². The highest BCUT2D eigenvalue weighted by molar-refractivity contribution is 8.15. The molecule has 4 rings (SSSR count). The Morgan fingerprint density at radius 1 is 1.19 bits per heavy atom. The number of hydrogen-bond donors (Lipinski definition) is 0. The van der Waals surface area contributed by atoms with E-state index in [4.69, 9.17) is 16.6 Å². The van der Waals surface area contributed by atoms with Crippen molar-refractivity contribution in [3.63, 3.8) is 0 Å². The van der Waals surface area contributed by atoms with Crippen LogP contribution in [-0.4, -0.2) is 36.4 Å². The Morgan fingerprint density at radius 2 is 2.00 bits per heavy atom. The minimum absolute atomic E-state index is 0.0188. The molecule has 0 radical (unpaired) electrons. The zero-order valence-corrected chi connectivity index (χ0v) is 17.6. The Morgan fingerprint density at radius 3 is 2.74 bits per heavy atom. The summed E-state index contributed by atoms with van der Waals surface area (Å²) in [6.45, 7) is 4.87. The molecule has 0 bridgehead atoms. The zero-order valence-electron chi connectivity index (χ0n) is 15.2. The lowest BCUT2D eigenvalue weighted by molar-refractivity contribution is 0.601. The van der Waals surface area contributed by atoms with Gasteiger partial charge in [-0.05, 0) is 43.2 Å². The Labute approximate surface area is 169 Å². The first-order valence-corrected chi connectivity index (χ1v) is 11.9. The van der Waals surface area contributed by atoms with Gasteiger partial charge < -0.3 is 4.90 Å². The van der Waals surface area contributed by atoms with Gasteiger partial charge in [0.2, 0.25) is 0 Å². The summed E-state index contributed by atoms with van der Waals surface area (Å²) in [5.74, 6) is 0.364. The Hall–Kier alpha value is -1.50. The molecule has 2 aliphatic rings. The summed E-state index contributed by atoms with van der Waals surface area (Å²) < 4.78 is 23.8. The fourth-order valence-corrected chi connectivity index (χ4v) is 7.49. The van der Waals surface area contributed by atoms with Gasteiger partial charge in [-0.3, -0.25) is 4.99 Å². The molecule has 2 aromatic rings. The van der Waals surface area contributed by atoms with E-state index in [-0.39, 0.29) is 22.8 Å². The second-order valence-electron chi connectivity index (χ2n) is 7.21. The molecule has 7 heteroatoms. The molecule has 2 atom stereocenters. The lowest BCUT2D eigenvalue weighted by atomic mass is 10.1. The van der Waals surface area contributed by atoms with Gasteiger partial charge in [-0.25, -0.2) is 8.42 Å². The highest BCUT2D eigenvalue weighted by Crippen LogP contribution is 2.38. The Bertz CT molecular complexity index is 1020. The largest absolute Gasteiger partial charge is 0.317 e. The summed E-state index contributed by atoms with van der Waals surface area (Å²) in [6, 6.07) is 14.0. The number of fused-ring (bicyclic) bond motifs is 1. The smallest absolute Gasteiger partial charge is 0.164 e. The van der Waals surface area contributed by atoms with Gasteiger partial charge in [0.1, 0.15) is 0 Å². The predicted molar refractivity (Wildman–Crippen MR) is 115 cm³/mol. The summed E-state index contributed by atoms with van der Waals surface area (Å²) in [4.78, 5) is 6.94. The molecule has 0 saturated carbocycles. The summed E-state index contributed by atoms with van der Waals surface area (Å²) in [7, 11) is -2.96. The van der Waals surface area contributed by atoms with Crippen LogP contribution >= 0.6 is 23.4 Å². The molecule has 4 nitrogen and oxygen atoms in total. The molecular weight excluding hydrogens is 400 g/mol. The second-order valence-corrected chi connectivity index (χ2v) is 11.0. The van der Waals surface area contributed by atoms with Crippen LogP contribution in [0.25, 0.3) is 0 Å². The number of halogens is 1. The Kier molecular flexibility index (Phi) is 4.99. The van der Waals surface area contributed by atoms with Crippen LogP contribution in [0, 0.1) is 13.8 Å². The summed E-state index contributed by atoms with van der Waals surface area (Å²) in [5.41, 5.74) is 4.63. The molecule has 142 valence electrons. The van der Waals surface area contributed by atoms with Crippen LogP contribution in [0.3, 0.4) is 0 Å². The van der Waals surface area contributed by atoms with Crippen LogP contribution in [-0.2, 0) is 16.4 Å². The molecule has 0 aliphatic carbocycles. The number of nitrogens with zero attached hydrogens (tertiary/aromatic N) is 2. The number of sulfone groups is 1. The van der Waals surface area contributed by atoms with Crippen molar-refractivity contribution in [3.8, 4) is 0 Å².